The lowest BCUT2D eigenvalue weighted by Gasteiger charge is -2.18. The van der Waals surface area contributed by atoms with Gasteiger partial charge in [-0.05, 0) is 0 Å². The highest BCUT2D eigenvalue weighted by atomic mass is 16.5. The molecule has 0 aliphatic carbocycles. The molecule has 0 aromatic rings. The predicted octanol–water partition coefficient (Wildman–Crippen LogP) is -1.45. The first-order chi connectivity index (χ1) is 7.45. The van der Waals surface area contributed by atoms with Gasteiger partial charge in [0.15, 0.2) is 0 Å². The lowest BCUT2D eigenvalue weighted by Crippen LogP contribution is -2.40. The third kappa shape index (κ3) is 2.47. The molecule has 88 valence electrons. The molecule has 1 rings (SSSR count). The molecule has 1 saturated heterocycles. The zero-order valence-electron chi connectivity index (χ0n) is 8.43. The first-order valence-electron chi connectivity index (χ1n) is 4.35. The van der Waals surface area contributed by atoms with E-state index in [2.05, 4.69) is 4.74 Å². The van der Waals surface area contributed by atoms with Crippen LogP contribution in [0.2, 0.25) is 0 Å². The summed E-state index contributed by atoms with van der Waals surface area (Å²) < 4.78 is 4.34. The molecule has 0 bridgehead atoms. The molecule has 2 N–H and O–H groups in total. The number of ether oxygens (including phenoxy) is 1. The van der Waals surface area contributed by atoms with Crippen molar-refractivity contribution >= 4 is 23.9 Å². The van der Waals surface area contributed by atoms with Crippen LogP contribution in [0.5, 0.6) is 0 Å². The number of carboxylic acid groups (broad SMARTS) is 1. The van der Waals surface area contributed by atoms with Crippen molar-refractivity contribution in [1.29, 1.82) is 0 Å². The van der Waals surface area contributed by atoms with Crippen molar-refractivity contribution in [1.82, 2.24) is 10.2 Å². The van der Waals surface area contributed by atoms with E-state index in [0.717, 1.165) is 12.0 Å². The van der Waals surface area contributed by atoms with Crippen molar-refractivity contribution in [2.75, 3.05) is 13.7 Å². The van der Waals surface area contributed by atoms with E-state index in [1.807, 2.05) is 5.32 Å². The van der Waals surface area contributed by atoms with Crippen molar-refractivity contribution in [2.45, 2.75) is 12.5 Å². The number of imide groups is 1. The molecule has 1 heterocycles. The van der Waals surface area contributed by atoms with Crippen LogP contribution in [0.4, 0.5) is 4.79 Å². The second-order valence-corrected chi connectivity index (χ2v) is 3.11. The number of nitrogens with one attached hydrogen (secondary N) is 1. The second kappa shape index (κ2) is 4.60. The predicted molar refractivity (Wildman–Crippen MR) is 48.3 cm³/mol. The Labute approximate surface area is 90.2 Å². The van der Waals surface area contributed by atoms with Crippen molar-refractivity contribution in [3.63, 3.8) is 0 Å². The number of carbonyl (C=O) groups excluding carboxylic acids is 3. The average Bonchev–Trinajstić information content (AvgIpc) is 2.44. The Bertz CT molecular complexity index is 352. The summed E-state index contributed by atoms with van der Waals surface area (Å²) in [4.78, 5) is 44.6. The molecule has 1 aliphatic heterocycles. The maximum absolute atomic E-state index is 11.3. The molecular formula is C8H10N2O6. The van der Waals surface area contributed by atoms with E-state index < -0.39 is 36.5 Å². The SMILES string of the molecule is COC(=O)C[C@H]1C(=O)NC(=O)N1CC(=O)O. The summed E-state index contributed by atoms with van der Waals surface area (Å²) in [6, 6.07) is -1.93. The van der Waals surface area contributed by atoms with Gasteiger partial charge in [0, 0.05) is 0 Å². The number of esters is 1. The third-order valence-electron chi connectivity index (χ3n) is 2.06. The summed E-state index contributed by atoms with van der Waals surface area (Å²) >= 11 is 0. The Morgan fingerprint density at radius 1 is 1.50 bits per heavy atom. The van der Waals surface area contributed by atoms with Crippen LogP contribution in [0.1, 0.15) is 6.42 Å². The zero-order chi connectivity index (χ0) is 12.3. The molecular weight excluding hydrogens is 220 g/mol. The van der Waals surface area contributed by atoms with Gasteiger partial charge in [-0.3, -0.25) is 19.7 Å². The van der Waals surface area contributed by atoms with E-state index in [1.54, 1.807) is 0 Å². The summed E-state index contributed by atoms with van der Waals surface area (Å²) in [5.74, 6) is -2.65. The van der Waals surface area contributed by atoms with E-state index in [0.29, 0.717) is 0 Å². The Hall–Kier alpha value is -2.12. The molecule has 1 fully saturated rings. The molecule has 0 radical (unpaired) electrons. The van der Waals surface area contributed by atoms with Crippen LogP contribution in [0, 0.1) is 0 Å². The first-order valence-corrected chi connectivity index (χ1v) is 4.35. The fourth-order valence-electron chi connectivity index (χ4n) is 1.32. The minimum absolute atomic E-state index is 0.360. The molecule has 0 spiro atoms. The molecule has 8 nitrogen and oxygen atoms in total. The van der Waals surface area contributed by atoms with Crippen LogP contribution in [0.25, 0.3) is 0 Å². The van der Waals surface area contributed by atoms with Crippen molar-refractivity contribution in [2.24, 2.45) is 0 Å². The van der Waals surface area contributed by atoms with Gasteiger partial charge in [-0.2, -0.15) is 0 Å². The number of aliphatic carboxylic acids is 1. The fraction of sp³-hybridized carbons (Fsp3) is 0.500. The maximum Gasteiger partial charge on any atom is 0.325 e. The third-order valence-corrected chi connectivity index (χ3v) is 2.06. The van der Waals surface area contributed by atoms with E-state index >= 15 is 0 Å². The van der Waals surface area contributed by atoms with E-state index in [4.69, 9.17) is 5.11 Å². The van der Waals surface area contributed by atoms with Gasteiger partial charge in [0.2, 0.25) is 0 Å². The number of carbonyl (C=O) groups is 4. The number of hydrogen-bond acceptors (Lipinski definition) is 5. The standard InChI is InChI=1S/C8H10N2O6/c1-16-6(13)2-4-7(14)9-8(15)10(4)3-5(11)12/h4H,2-3H2,1H3,(H,11,12)(H,9,14,15)/t4-/m0/s1. The molecule has 1 atom stereocenters. The summed E-state index contributed by atoms with van der Waals surface area (Å²) in [7, 11) is 1.14. The number of nitrogens with zero attached hydrogens (tertiary/aromatic N) is 1. The number of hydrogen-bond donors (Lipinski definition) is 2. The van der Waals surface area contributed by atoms with Crippen molar-refractivity contribution in [3.8, 4) is 0 Å². The quantitative estimate of drug-likeness (QED) is 0.451. The number of methoxy groups -OCH3 is 1. The minimum atomic E-state index is -1.26. The van der Waals surface area contributed by atoms with Gasteiger partial charge in [-0.25, -0.2) is 4.79 Å². The number of amides is 3. The lowest BCUT2D eigenvalue weighted by atomic mass is 10.2. The van der Waals surface area contributed by atoms with Gasteiger partial charge in [0.05, 0.1) is 13.5 Å². The summed E-state index contributed by atoms with van der Waals surface area (Å²) in [5, 5.41) is 10.5. The molecule has 3 amide bonds. The summed E-state index contributed by atoms with van der Waals surface area (Å²) in [5.41, 5.74) is 0. The van der Waals surface area contributed by atoms with Crippen molar-refractivity contribution < 1.29 is 29.0 Å². The zero-order valence-corrected chi connectivity index (χ0v) is 8.43. The molecule has 0 unspecified atom stereocenters. The van der Waals surface area contributed by atoms with Gasteiger partial charge >= 0.3 is 18.0 Å². The maximum atomic E-state index is 11.3. The molecule has 0 aromatic heterocycles. The smallest absolute Gasteiger partial charge is 0.325 e. The van der Waals surface area contributed by atoms with Crippen LogP contribution in [0.3, 0.4) is 0 Å². The first kappa shape index (κ1) is 12.0. The number of rotatable bonds is 4. The molecule has 16 heavy (non-hydrogen) atoms. The molecule has 0 saturated carbocycles. The fourth-order valence-corrected chi connectivity index (χ4v) is 1.32. The van der Waals surface area contributed by atoms with Crippen LogP contribution in [-0.4, -0.2) is 53.6 Å². The number of carboxylic acids is 1. The van der Waals surface area contributed by atoms with Crippen LogP contribution < -0.4 is 5.32 Å². The van der Waals surface area contributed by atoms with Crippen LogP contribution in [0.15, 0.2) is 0 Å². The van der Waals surface area contributed by atoms with Crippen LogP contribution >= 0.6 is 0 Å². The second-order valence-electron chi connectivity index (χ2n) is 3.11. The summed E-state index contributed by atoms with van der Waals surface area (Å²) in [6.07, 6.45) is -0.360. The van der Waals surface area contributed by atoms with Gasteiger partial charge < -0.3 is 14.7 Å². The normalized spacial score (nSPS) is 19.6. The average molecular weight is 230 g/mol. The Balaban J connectivity index is 2.77. The van der Waals surface area contributed by atoms with E-state index in [9.17, 15) is 19.2 Å². The highest BCUT2D eigenvalue weighted by Gasteiger charge is 2.40. The Kier molecular flexibility index (Phi) is 3.44. The summed E-state index contributed by atoms with van der Waals surface area (Å²) in [6.45, 7) is -0.640. The largest absolute Gasteiger partial charge is 0.480 e. The highest BCUT2D eigenvalue weighted by molar-refractivity contribution is 6.06. The van der Waals surface area contributed by atoms with Crippen molar-refractivity contribution in [3.05, 3.63) is 0 Å². The topological polar surface area (TPSA) is 113 Å². The lowest BCUT2D eigenvalue weighted by molar-refractivity contribution is -0.145. The van der Waals surface area contributed by atoms with E-state index in [1.165, 1.54) is 0 Å². The Morgan fingerprint density at radius 3 is 2.62 bits per heavy atom. The van der Waals surface area contributed by atoms with Gasteiger partial charge in [-0.15, -0.1) is 0 Å². The van der Waals surface area contributed by atoms with Gasteiger partial charge in [0.1, 0.15) is 12.6 Å². The monoisotopic (exact) mass is 230 g/mol. The van der Waals surface area contributed by atoms with Gasteiger partial charge in [0.25, 0.3) is 5.91 Å². The minimum Gasteiger partial charge on any atom is -0.480 e. The molecule has 8 heteroatoms. The number of urea groups is 1. The van der Waals surface area contributed by atoms with Gasteiger partial charge in [-0.1, -0.05) is 0 Å². The highest BCUT2D eigenvalue weighted by Crippen LogP contribution is 2.12. The molecule has 0 aromatic carbocycles. The van der Waals surface area contributed by atoms with E-state index in [-0.39, 0.29) is 6.42 Å². The van der Waals surface area contributed by atoms with Crippen LogP contribution in [-0.2, 0) is 19.1 Å². The molecule has 1 aliphatic rings. The Morgan fingerprint density at radius 2 is 2.12 bits per heavy atom.